The molecule has 0 atom stereocenters. The zero-order valence-corrected chi connectivity index (χ0v) is 75.6. The number of benzene rings is 21. The second kappa shape index (κ2) is 33.2. The summed E-state index contributed by atoms with van der Waals surface area (Å²) >= 11 is 0. The molecular weight excluding hydrogens is 1690 g/mol. The highest BCUT2D eigenvalue weighted by Crippen LogP contribution is 2.47. The van der Waals surface area contributed by atoms with Crippen molar-refractivity contribution in [2.45, 2.75) is 0 Å². The molecule has 0 saturated heterocycles. The lowest BCUT2D eigenvalue weighted by atomic mass is 9.93. The van der Waals surface area contributed by atoms with Gasteiger partial charge in [-0.05, 0) is 215 Å². The molecule has 0 unspecified atom stereocenters. The van der Waals surface area contributed by atoms with E-state index in [1.807, 2.05) is 12.1 Å². The third-order valence-electron chi connectivity index (χ3n) is 28.0. The minimum atomic E-state index is 0.655. The number of para-hydroxylation sites is 11. The van der Waals surface area contributed by atoms with Gasteiger partial charge < -0.3 is 27.4 Å². The van der Waals surface area contributed by atoms with Crippen LogP contribution in [-0.4, -0.2) is 41.9 Å². The fraction of sp³-hybridized carbons (Fsp3) is 0. The lowest BCUT2D eigenvalue weighted by molar-refractivity contribution is 0.996. The monoisotopic (exact) mass is 1770 g/mol. The van der Waals surface area contributed by atoms with Crippen molar-refractivity contribution in [1.82, 2.24) is 41.9 Å². The van der Waals surface area contributed by atoms with Crippen LogP contribution in [0.25, 0.3) is 249 Å². The second-order valence-corrected chi connectivity index (χ2v) is 35.9. The number of fused-ring (bicyclic) bond motifs is 21. The summed E-state index contributed by atoms with van der Waals surface area (Å²) in [5, 5.41) is 17.3. The van der Waals surface area contributed by atoms with Gasteiger partial charge in [-0.15, -0.1) is 0 Å². The SMILES string of the molecule is c1ccc(-c2cc(-c3ccccc3)cc(-c3ccc(-n4c5ccccc5c5cc6c(cc54)c4ccccc4n6-c4ccccc4)cc3)c2)cc1.c1ccc(-c2cc(-c3ccccc3)nc(-n3c4ccccc4c4cc5c(cc43)c3ccccc3n5-c3ccccc3)n2)cc1.c1ccc(-n2c3ccccc3c3cc(-n4c5ccccc5c5cc6c(cc54)c4ccccc4n6-c4ccccc4)ccc32)cc1. The highest BCUT2D eigenvalue weighted by Gasteiger charge is 2.26. The van der Waals surface area contributed by atoms with Gasteiger partial charge in [0.1, 0.15) is 0 Å². The van der Waals surface area contributed by atoms with Crippen molar-refractivity contribution in [2.75, 3.05) is 0 Å². The van der Waals surface area contributed by atoms with E-state index in [4.69, 9.17) is 9.97 Å². The zero-order valence-electron chi connectivity index (χ0n) is 75.6. The van der Waals surface area contributed by atoms with Crippen molar-refractivity contribution < 1.29 is 0 Å². The first-order chi connectivity index (χ1) is 69.0. The molecule has 9 nitrogen and oxygen atoms in total. The van der Waals surface area contributed by atoms with E-state index in [2.05, 4.69) is 535 Å². The van der Waals surface area contributed by atoms with Crippen LogP contribution in [-0.2, 0) is 0 Å². The van der Waals surface area contributed by atoms with Crippen LogP contribution in [0.5, 0.6) is 0 Å². The minimum Gasteiger partial charge on any atom is -0.309 e. The van der Waals surface area contributed by atoms with E-state index < -0.39 is 0 Å². The number of rotatable bonds is 12. The Morgan fingerprint density at radius 1 is 0.108 bits per heavy atom. The van der Waals surface area contributed by atoms with Gasteiger partial charge in [-0.1, -0.05) is 334 Å². The van der Waals surface area contributed by atoms with Crippen molar-refractivity contribution in [3.8, 4) is 96.0 Å². The standard InChI is InChI=1S/C48H32N2.C42H27N3.C40H26N4/c1-4-14-33(15-5-1)36-28-37(34-16-6-2-7-17-34)30-38(29-36)35-24-26-40(27-25-35)50-46-23-13-11-21-42(46)44-31-47-43(32-48(44)50)41-20-10-12-22-45(41)49(47)39-18-8-3-9-19-39;1-3-13-28(14-4-1)43-37-20-10-7-17-31(37)34-25-30(23-24-40(34)43)45-39-22-12-9-19-33(39)36-26-41-35(27-42(36)45)32-18-8-11-21-38(32)44(41)29-15-5-2-6-16-29;1-4-14-27(15-5-1)34-26-35(28-16-6-2-7-17-28)42-40(41-34)44-37-23-13-11-21-31(37)33-24-38-32(25-39(33)44)30-20-10-12-22-36(30)43(38)29-18-8-3-9-19-29/h1-32H;1-27H;1-26H. The summed E-state index contributed by atoms with van der Waals surface area (Å²) in [7, 11) is 0. The molecule has 0 aliphatic carbocycles. The summed E-state index contributed by atoms with van der Waals surface area (Å²) in [6.45, 7) is 0. The van der Waals surface area contributed by atoms with Crippen LogP contribution in [0, 0.1) is 0 Å². The molecule has 29 rings (SSSR count). The Balaban J connectivity index is 0.000000105. The van der Waals surface area contributed by atoms with Gasteiger partial charge in [0.05, 0.1) is 88.6 Å². The van der Waals surface area contributed by atoms with Gasteiger partial charge in [0, 0.05) is 121 Å². The maximum absolute atomic E-state index is 5.21. The summed E-state index contributed by atoms with van der Waals surface area (Å²) < 4.78 is 16.7. The van der Waals surface area contributed by atoms with Gasteiger partial charge in [-0.3, -0.25) is 4.57 Å². The number of hydrogen-bond acceptors (Lipinski definition) is 2. The molecule has 0 bridgehead atoms. The molecule has 0 aliphatic heterocycles. The van der Waals surface area contributed by atoms with Crippen LogP contribution in [0.3, 0.4) is 0 Å². The summed E-state index contributed by atoms with van der Waals surface area (Å²) in [4.78, 5) is 10.4. The van der Waals surface area contributed by atoms with Crippen molar-refractivity contribution in [3.63, 3.8) is 0 Å². The second-order valence-electron chi connectivity index (χ2n) is 35.9. The van der Waals surface area contributed by atoms with Crippen LogP contribution in [0.1, 0.15) is 0 Å². The number of hydrogen-bond donors (Lipinski definition) is 0. The van der Waals surface area contributed by atoms with Crippen molar-refractivity contribution >= 4 is 153 Å². The molecule has 0 spiro atoms. The van der Waals surface area contributed by atoms with Crippen molar-refractivity contribution in [2.24, 2.45) is 0 Å². The first-order valence-corrected chi connectivity index (χ1v) is 47.5. The molecular formula is C130H85N9. The first-order valence-electron chi connectivity index (χ1n) is 47.5. The third-order valence-corrected chi connectivity index (χ3v) is 28.0. The molecule has 21 aromatic carbocycles. The van der Waals surface area contributed by atoms with E-state index in [0.717, 1.165) is 50.6 Å². The predicted octanol–water partition coefficient (Wildman–Crippen LogP) is 33.9. The largest absolute Gasteiger partial charge is 0.309 e. The van der Waals surface area contributed by atoms with Gasteiger partial charge in [-0.2, -0.15) is 0 Å². The fourth-order valence-corrected chi connectivity index (χ4v) is 21.8. The average Bonchev–Trinajstić information content (AvgIpc) is 1.54. The van der Waals surface area contributed by atoms with Crippen LogP contribution in [0.4, 0.5) is 0 Å². The molecule has 0 N–H and O–H groups in total. The van der Waals surface area contributed by atoms with E-state index >= 15 is 0 Å². The molecule has 9 heteroatoms. The van der Waals surface area contributed by atoms with Crippen LogP contribution < -0.4 is 0 Å². The molecule has 8 aromatic heterocycles. The molecule has 0 radical (unpaired) electrons. The van der Waals surface area contributed by atoms with Crippen molar-refractivity contribution in [1.29, 1.82) is 0 Å². The van der Waals surface area contributed by atoms with Crippen LogP contribution in [0.2, 0.25) is 0 Å². The zero-order chi connectivity index (χ0) is 91.5. The first kappa shape index (κ1) is 80.0. The Labute approximate surface area is 800 Å². The van der Waals surface area contributed by atoms with E-state index in [1.165, 1.54) is 192 Å². The highest BCUT2D eigenvalue weighted by molar-refractivity contribution is 6.23. The van der Waals surface area contributed by atoms with E-state index in [1.54, 1.807) is 0 Å². The Hall–Kier alpha value is -18.7. The van der Waals surface area contributed by atoms with E-state index in [9.17, 15) is 0 Å². The Kier molecular flexibility index (Phi) is 19.1. The maximum Gasteiger partial charge on any atom is 0.235 e. The summed E-state index contributed by atoms with van der Waals surface area (Å²) in [6, 6.07) is 185. The molecule has 139 heavy (non-hydrogen) atoms. The molecule has 0 saturated carbocycles. The Bertz CT molecular complexity index is 9720. The van der Waals surface area contributed by atoms with Gasteiger partial charge in [0.15, 0.2) is 0 Å². The fourth-order valence-electron chi connectivity index (χ4n) is 21.8. The van der Waals surface area contributed by atoms with Gasteiger partial charge >= 0.3 is 0 Å². The topological polar surface area (TPSA) is 60.3 Å². The third kappa shape index (κ3) is 13.5. The molecule has 8 heterocycles. The highest BCUT2D eigenvalue weighted by atomic mass is 15.2. The lowest BCUT2D eigenvalue weighted by Gasteiger charge is -2.13. The predicted molar refractivity (Wildman–Crippen MR) is 582 cm³/mol. The van der Waals surface area contributed by atoms with Gasteiger partial charge in [-0.25, -0.2) is 9.97 Å². The number of aromatic nitrogens is 9. The average molecular weight is 1770 g/mol. The van der Waals surface area contributed by atoms with E-state index in [-0.39, 0.29) is 0 Å². The molecule has 650 valence electrons. The van der Waals surface area contributed by atoms with Gasteiger partial charge in [0.2, 0.25) is 5.95 Å². The van der Waals surface area contributed by atoms with Crippen LogP contribution >= 0.6 is 0 Å². The number of nitrogens with zero attached hydrogens (tertiary/aromatic N) is 9. The van der Waals surface area contributed by atoms with Gasteiger partial charge in [0.25, 0.3) is 0 Å². The van der Waals surface area contributed by atoms with Crippen molar-refractivity contribution in [3.05, 3.63) is 516 Å². The molecule has 0 aliphatic rings. The summed E-state index contributed by atoms with van der Waals surface area (Å²) in [5.74, 6) is 0.655. The summed E-state index contributed by atoms with van der Waals surface area (Å²) in [5.41, 5.74) is 34.8. The van der Waals surface area contributed by atoms with E-state index in [0.29, 0.717) is 5.95 Å². The lowest BCUT2D eigenvalue weighted by Crippen LogP contribution is -2.04. The minimum absolute atomic E-state index is 0.655. The molecule has 0 fully saturated rings. The Morgan fingerprint density at radius 2 is 0.302 bits per heavy atom. The molecule has 29 aromatic rings. The van der Waals surface area contributed by atoms with Crippen LogP contribution in [0.15, 0.2) is 516 Å². The molecule has 0 amide bonds. The smallest absolute Gasteiger partial charge is 0.235 e. The normalized spacial score (nSPS) is 11.7. The maximum atomic E-state index is 5.21. The Morgan fingerprint density at radius 3 is 0.590 bits per heavy atom. The summed E-state index contributed by atoms with van der Waals surface area (Å²) in [6.07, 6.45) is 0. The quantitative estimate of drug-likeness (QED) is 0.122.